The van der Waals surface area contributed by atoms with Gasteiger partial charge in [-0.15, -0.1) is 11.3 Å². The first kappa shape index (κ1) is 20.5. The van der Waals surface area contributed by atoms with Crippen LogP contribution in [0.5, 0.6) is 0 Å². The lowest BCUT2D eigenvalue weighted by Crippen LogP contribution is -2.46. The maximum absolute atomic E-state index is 12.9. The third kappa shape index (κ3) is 4.68. The highest BCUT2D eigenvalue weighted by Crippen LogP contribution is 2.19. The van der Waals surface area contributed by atoms with Gasteiger partial charge >= 0.3 is 0 Å². The number of amides is 1. The summed E-state index contributed by atoms with van der Waals surface area (Å²) in [6.45, 7) is 8.72. The molecule has 1 fully saturated rings. The average Bonchev–Trinajstić information content (AvgIpc) is 3.13. The summed E-state index contributed by atoms with van der Waals surface area (Å²) in [4.78, 5) is 34.0. The Morgan fingerprint density at radius 2 is 2.00 bits per heavy atom. The van der Waals surface area contributed by atoms with Gasteiger partial charge in [0.2, 0.25) is 0 Å². The monoisotopic (exact) mass is 422 g/mol. The Balaban J connectivity index is 1.45. The van der Waals surface area contributed by atoms with Crippen LogP contribution in [0.25, 0.3) is 4.96 Å². The lowest BCUT2D eigenvalue weighted by Gasteiger charge is -2.32. The molecule has 0 aliphatic carbocycles. The summed E-state index contributed by atoms with van der Waals surface area (Å²) >= 11 is 1.47. The largest absolute Gasteiger partial charge is 0.349 e. The molecule has 156 valence electrons. The number of benzene rings is 1. The van der Waals surface area contributed by atoms with Gasteiger partial charge in [0.25, 0.3) is 11.5 Å². The number of rotatable bonds is 6. The first-order valence-electron chi connectivity index (χ1n) is 10.2. The van der Waals surface area contributed by atoms with Gasteiger partial charge in [0.05, 0.1) is 0 Å². The normalized spacial score (nSPS) is 15.4. The van der Waals surface area contributed by atoms with Gasteiger partial charge in [-0.05, 0) is 25.3 Å². The number of thiazole rings is 1. The minimum absolute atomic E-state index is 0.0788. The van der Waals surface area contributed by atoms with Crippen LogP contribution in [0.2, 0.25) is 0 Å². The zero-order chi connectivity index (χ0) is 21.1. The van der Waals surface area contributed by atoms with Crippen molar-refractivity contribution in [1.29, 1.82) is 0 Å². The molecular weight excluding hydrogens is 396 g/mol. The van der Waals surface area contributed by atoms with E-state index in [9.17, 15) is 9.59 Å². The lowest BCUT2D eigenvalue weighted by molar-refractivity contribution is 0.0911. The number of nitrogens with zero attached hydrogens (tertiary/aromatic N) is 3. The van der Waals surface area contributed by atoms with Crippen LogP contribution in [0.4, 0.5) is 0 Å². The number of hydrogen-bond donors (Lipinski definition) is 1. The van der Waals surface area contributed by atoms with Gasteiger partial charge in [0, 0.05) is 49.4 Å². The minimum Gasteiger partial charge on any atom is -0.349 e. The third-order valence-electron chi connectivity index (χ3n) is 5.34. The molecule has 0 unspecified atom stereocenters. The fourth-order valence-electron chi connectivity index (χ4n) is 3.85. The first-order chi connectivity index (χ1) is 14.5. The van der Waals surface area contributed by atoms with Crippen LogP contribution in [-0.4, -0.2) is 45.9 Å². The fourth-order valence-corrected chi connectivity index (χ4v) is 4.82. The number of carbonyl (C=O) groups is 1. The second-order valence-electron chi connectivity index (χ2n) is 7.97. The molecule has 3 aromatic rings. The molecule has 0 bridgehead atoms. The van der Waals surface area contributed by atoms with Crippen molar-refractivity contribution in [2.75, 3.05) is 19.6 Å². The quantitative estimate of drug-likeness (QED) is 0.620. The van der Waals surface area contributed by atoms with Gasteiger partial charge in [0.1, 0.15) is 5.56 Å². The van der Waals surface area contributed by atoms with E-state index in [2.05, 4.69) is 33.9 Å². The topological polar surface area (TPSA) is 66.7 Å². The minimum atomic E-state index is -0.337. The predicted octanol–water partition coefficient (Wildman–Crippen LogP) is 3.12. The highest BCUT2D eigenvalue weighted by atomic mass is 32.1. The zero-order valence-electron chi connectivity index (χ0n) is 17.1. The Kier molecular flexibility index (Phi) is 6.11. The molecule has 1 amide bonds. The Bertz CT molecular complexity index is 1110. The van der Waals surface area contributed by atoms with Gasteiger partial charge in [-0.3, -0.25) is 18.9 Å². The summed E-state index contributed by atoms with van der Waals surface area (Å²) in [7, 11) is 0. The summed E-state index contributed by atoms with van der Waals surface area (Å²) in [6.07, 6.45) is 5.69. The van der Waals surface area contributed by atoms with E-state index < -0.39 is 0 Å². The van der Waals surface area contributed by atoms with Crippen molar-refractivity contribution < 1.29 is 4.79 Å². The van der Waals surface area contributed by atoms with Crippen molar-refractivity contribution in [3.63, 3.8) is 0 Å². The number of nitrogens with one attached hydrogen (secondary N) is 1. The molecule has 1 saturated heterocycles. The second kappa shape index (κ2) is 8.93. The summed E-state index contributed by atoms with van der Waals surface area (Å²) in [6, 6.07) is 10.2. The fraction of sp³-hybridized carbons (Fsp3) is 0.348. The number of fused-ring (bicyclic) bond motifs is 1. The number of aromatic nitrogens is 2. The van der Waals surface area contributed by atoms with Gasteiger partial charge in [-0.25, -0.2) is 4.98 Å². The van der Waals surface area contributed by atoms with Gasteiger partial charge < -0.3 is 5.32 Å². The Morgan fingerprint density at radius 3 is 2.70 bits per heavy atom. The van der Waals surface area contributed by atoms with E-state index in [4.69, 9.17) is 0 Å². The molecule has 4 rings (SSSR count). The summed E-state index contributed by atoms with van der Waals surface area (Å²) in [5.41, 5.74) is 2.11. The number of piperidine rings is 1. The Hall–Kier alpha value is -2.77. The van der Waals surface area contributed by atoms with Crippen molar-refractivity contribution in [2.45, 2.75) is 32.2 Å². The molecule has 0 saturated carbocycles. The second-order valence-corrected chi connectivity index (χ2v) is 9.06. The molecule has 2 aromatic heterocycles. The summed E-state index contributed by atoms with van der Waals surface area (Å²) in [5, 5.41) is 3.02. The van der Waals surface area contributed by atoms with Gasteiger partial charge in [-0.2, -0.15) is 0 Å². The van der Waals surface area contributed by atoms with Crippen molar-refractivity contribution in [1.82, 2.24) is 19.6 Å². The first-order valence-corrected chi connectivity index (χ1v) is 11.0. The number of carbonyl (C=O) groups excluding carboxylic acids is 1. The molecule has 6 nitrogen and oxygen atoms in total. The number of hydrogen-bond acceptors (Lipinski definition) is 5. The molecule has 7 heteroatoms. The highest BCUT2D eigenvalue weighted by molar-refractivity contribution is 7.17. The SMILES string of the molecule is C=C(C)CN1CCC(NC(=O)c2cnc3sc(Cc4ccccc4)cn3c2=O)CC1. The van der Waals surface area contributed by atoms with Crippen LogP contribution in [-0.2, 0) is 6.42 Å². The molecule has 30 heavy (non-hydrogen) atoms. The van der Waals surface area contributed by atoms with E-state index in [0.717, 1.165) is 49.3 Å². The molecule has 0 atom stereocenters. The van der Waals surface area contributed by atoms with E-state index in [1.54, 1.807) is 6.20 Å². The highest BCUT2D eigenvalue weighted by Gasteiger charge is 2.23. The van der Waals surface area contributed by atoms with Crippen LogP contribution in [0.3, 0.4) is 0 Å². The Morgan fingerprint density at radius 1 is 1.27 bits per heavy atom. The average molecular weight is 423 g/mol. The van der Waals surface area contributed by atoms with Crippen molar-refractivity contribution in [2.24, 2.45) is 0 Å². The molecular formula is C23H26N4O2S. The summed E-state index contributed by atoms with van der Waals surface area (Å²) < 4.78 is 1.49. The lowest BCUT2D eigenvalue weighted by atomic mass is 10.0. The standard InChI is InChI=1S/C23H26N4O2S/c1-16(2)14-26-10-8-18(9-11-26)25-21(28)20-13-24-23-27(22(20)29)15-19(30-23)12-17-6-4-3-5-7-17/h3-7,13,15,18H,1,8-12,14H2,2H3,(H,25,28). The van der Waals surface area contributed by atoms with Gasteiger partial charge in [0.15, 0.2) is 4.96 Å². The smallest absolute Gasteiger partial charge is 0.271 e. The third-order valence-corrected chi connectivity index (χ3v) is 6.33. The van der Waals surface area contributed by atoms with Crippen LogP contribution in [0.15, 0.2) is 59.7 Å². The predicted molar refractivity (Wildman–Crippen MR) is 120 cm³/mol. The molecule has 1 aliphatic heterocycles. The molecule has 0 spiro atoms. The molecule has 1 aromatic carbocycles. The van der Waals surface area contributed by atoms with E-state index in [0.29, 0.717) is 4.96 Å². The number of likely N-dealkylation sites (tertiary alicyclic amines) is 1. The van der Waals surface area contributed by atoms with Crippen LogP contribution in [0, 0.1) is 0 Å². The van der Waals surface area contributed by atoms with Crippen LogP contribution < -0.4 is 10.9 Å². The molecule has 0 radical (unpaired) electrons. The van der Waals surface area contributed by atoms with E-state index in [1.165, 1.54) is 27.5 Å². The van der Waals surface area contributed by atoms with Crippen LogP contribution in [0.1, 0.15) is 40.6 Å². The molecule has 1 aliphatic rings. The molecule has 1 N–H and O–H groups in total. The van der Waals surface area contributed by atoms with E-state index in [1.807, 2.05) is 25.1 Å². The Labute approximate surface area is 179 Å². The van der Waals surface area contributed by atoms with Crippen molar-refractivity contribution in [3.05, 3.63) is 81.2 Å². The maximum Gasteiger partial charge on any atom is 0.271 e. The van der Waals surface area contributed by atoms with Crippen molar-refractivity contribution >= 4 is 22.2 Å². The van der Waals surface area contributed by atoms with Crippen molar-refractivity contribution in [3.8, 4) is 0 Å². The van der Waals surface area contributed by atoms with Gasteiger partial charge in [-0.1, -0.05) is 42.5 Å². The zero-order valence-corrected chi connectivity index (χ0v) is 18.0. The van der Waals surface area contributed by atoms with E-state index >= 15 is 0 Å². The van der Waals surface area contributed by atoms with Crippen LogP contribution >= 0.6 is 11.3 Å². The molecule has 3 heterocycles. The summed E-state index contributed by atoms with van der Waals surface area (Å²) in [5.74, 6) is -0.337. The maximum atomic E-state index is 12.9. The van der Waals surface area contributed by atoms with E-state index in [-0.39, 0.29) is 23.1 Å².